The fourth-order valence-corrected chi connectivity index (χ4v) is 5.41. The van der Waals surface area contributed by atoms with Gasteiger partial charge < -0.3 is 0 Å². The highest BCUT2D eigenvalue weighted by atomic mass is 79.9. The Kier molecular flexibility index (Phi) is 6.16. The summed E-state index contributed by atoms with van der Waals surface area (Å²) in [5, 5.41) is -6.70. The van der Waals surface area contributed by atoms with Crippen molar-refractivity contribution in [1.29, 1.82) is 0 Å². The zero-order valence-corrected chi connectivity index (χ0v) is 17.3. The van der Waals surface area contributed by atoms with Gasteiger partial charge in [-0.3, -0.25) is 0 Å². The molecule has 0 heterocycles. The molecule has 2 aromatic carbocycles. The van der Waals surface area contributed by atoms with E-state index in [2.05, 4.69) is 31.9 Å². The van der Waals surface area contributed by atoms with E-state index in [0.717, 1.165) is 12.1 Å². The molecule has 0 atom stereocenters. The van der Waals surface area contributed by atoms with Crippen LogP contribution in [0, 0.1) is 11.6 Å². The van der Waals surface area contributed by atoms with Crippen molar-refractivity contribution in [2.45, 2.75) is 22.2 Å². The van der Waals surface area contributed by atoms with Crippen molar-refractivity contribution >= 4 is 41.7 Å². The molecule has 0 bridgehead atoms. The fraction of sp³-hybridized carbons (Fsp3) is 0.200. The van der Waals surface area contributed by atoms with Crippen LogP contribution in [0.25, 0.3) is 11.1 Å². The Morgan fingerprint density at radius 1 is 0.793 bits per heavy atom. The number of alkyl halides is 7. The summed E-state index contributed by atoms with van der Waals surface area (Å²) in [5.41, 5.74) is -2.42. The van der Waals surface area contributed by atoms with E-state index in [4.69, 9.17) is 0 Å². The highest BCUT2D eigenvalue weighted by Crippen LogP contribution is 2.53. The minimum Gasteiger partial charge on any atom is -0.217 e. The zero-order chi connectivity index (χ0) is 22.6. The van der Waals surface area contributed by atoms with E-state index in [1.807, 2.05) is 0 Å². The Labute approximate surface area is 173 Å². The lowest BCUT2D eigenvalue weighted by atomic mass is 10.0. The van der Waals surface area contributed by atoms with E-state index >= 15 is 0 Å². The first-order valence-corrected chi connectivity index (χ1v) is 10.0. The molecule has 0 aromatic heterocycles. The molecule has 0 spiro atoms. The van der Waals surface area contributed by atoms with Gasteiger partial charge in [-0.05, 0) is 24.3 Å². The molecule has 0 aliphatic heterocycles. The van der Waals surface area contributed by atoms with Crippen molar-refractivity contribution in [3.63, 3.8) is 0 Å². The summed E-state index contributed by atoms with van der Waals surface area (Å²) in [6, 6.07) is 3.21. The normalized spacial score (nSPS) is 13.6. The molecular weight excluding hydrogens is 575 g/mol. The summed E-state index contributed by atoms with van der Waals surface area (Å²) in [6.45, 7) is 0. The average molecular weight is 580 g/mol. The van der Waals surface area contributed by atoms with Crippen LogP contribution in [-0.2, 0) is 9.84 Å². The Morgan fingerprint density at radius 3 is 1.72 bits per heavy atom. The largest absolute Gasteiger partial charge is 0.461 e. The highest BCUT2D eigenvalue weighted by molar-refractivity contribution is 9.11. The molecule has 2 nitrogen and oxygen atoms in total. The highest BCUT2D eigenvalue weighted by Gasteiger charge is 2.78. The average Bonchev–Trinajstić information content (AvgIpc) is 2.54. The van der Waals surface area contributed by atoms with E-state index in [1.54, 1.807) is 0 Å². The van der Waals surface area contributed by atoms with Crippen molar-refractivity contribution in [3.05, 3.63) is 50.9 Å². The second-order valence-electron chi connectivity index (χ2n) is 5.45. The monoisotopic (exact) mass is 578 g/mol. The third kappa shape index (κ3) is 3.78. The molecule has 0 aliphatic carbocycles. The third-order valence-electron chi connectivity index (χ3n) is 3.58. The van der Waals surface area contributed by atoms with E-state index in [0.29, 0.717) is 12.1 Å². The maximum Gasteiger partial charge on any atom is 0.461 e. The van der Waals surface area contributed by atoms with E-state index < -0.39 is 59.3 Å². The Morgan fingerprint density at radius 2 is 1.28 bits per heavy atom. The Bertz CT molecular complexity index is 1050. The van der Waals surface area contributed by atoms with Gasteiger partial charge in [0.05, 0.1) is 10.5 Å². The molecule has 160 valence electrons. The van der Waals surface area contributed by atoms with Crippen LogP contribution in [0.5, 0.6) is 0 Å². The standard InChI is InChI=1S/C15H5Br2F9O2S/c16-6-4-7(17)11(12-8(18)2-1-3-9(12)19)10(5-6)29(27,28)15(25,26)13(20,21)14(22,23)24/h1-5H. The lowest BCUT2D eigenvalue weighted by Crippen LogP contribution is -2.56. The summed E-state index contributed by atoms with van der Waals surface area (Å²) in [4.78, 5) is -1.85. The van der Waals surface area contributed by atoms with Gasteiger partial charge in [-0.15, -0.1) is 0 Å². The summed E-state index contributed by atoms with van der Waals surface area (Å²) in [7, 11) is -6.83. The number of hydrogen-bond acceptors (Lipinski definition) is 2. The number of rotatable bonds is 4. The molecule has 29 heavy (non-hydrogen) atoms. The predicted molar refractivity (Wildman–Crippen MR) is 90.3 cm³/mol. The van der Waals surface area contributed by atoms with Crippen molar-refractivity contribution in [2.75, 3.05) is 0 Å². The van der Waals surface area contributed by atoms with Gasteiger partial charge in [0.2, 0.25) is 0 Å². The molecule has 0 N–H and O–H groups in total. The van der Waals surface area contributed by atoms with Gasteiger partial charge in [0.25, 0.3) is 9.84 Å². The SMILES string of the molecule is O=S(=O)(c1cc(Br)cc(Br)c1-c1c(F)cccc1F)C(F)(F)C(F)(F)C(F)(F)F. The first kappa shape index (κ1) is 24.0. The summed E-state index contributed by atoms with van der Waals surface area (Å²) >= 11 is 5.34. The molecule has 0 unspecified atom stereocenters. The van der Waals surface area contributed by atoms with Crippen LogP contribution in [0.3, 0.4) is 0 Å². The summed E-state index contributed by atoms with van der Waals surface area (Å²) in [5.74, 6) is -9.95. The minimum absolute atomic E-state index is 0.238. The van der Waals surface area contributed by atoms with E-state index in [1.165, 1.54) is 0 Å². The molecule has 0 fully saturated rings. The van der Waals surface area contributed by atoms with Gasteiger partial charge in [0.1, 0.15) is 11.6 Å². The maximum atomic E-state index is 14.1. The molecule has 14 heteroatoms. The molecule has 0 aliphatic rings. The van der Waals surface area contributed by atoms with Crippen molar-refractivity contribution in [1.82, 2.24) is 0 Å². The van der Waals surface area contributed by atoms with Crippen LogP contribution >= 0.6 is 31.9 Å². The van der Waals surface area contributed by atoms with E-state index in [9.17, 15) is 47.9 Å². The second kappa shape index (κ2) is 7.45. The molecule has 0 amide bonds. The third-order valence-corrected chi connectivity index (χ3v) is 6.50. The Hall–Kier alpha value is -1.28. The van der Waals surface area contributed by atoms with Gasteiger partial charge in [0.15, 0.2) is 0 Å². The van der Waals surface area contributed by atoms with Gasteiger partial charge in [-0.1, -0.05) is 37.9 Å². The maximum absolute atomic E-state index is 14.1. The molecule has 0 saturated heterocycles. The molecule has 2 rings (SSSR count). The number of halogens is 11. The second-order valence-corrected chi connectivity index (χ2v) is 9.18. The number of sulfone groups is 1. The molecular formula is C15H5Br2F9O2S. The fourth-order valence-electron chi connectivity index (χ4n) is 2.21. The van der Waals surface area contributed by atoms with Crippen molar-refractivity contribution < 1.29 is 47.9 Å². The lowest BCUT2D eigenvalue weighted by molar-refractivity contribution is -0.332. The van der Waals surface area contributed by atoms with Gasteiger partial charge in [-0.25, -0.2) is 17.2 Å². The molecule has 0 radical (unpaired) electrons. The van der Waals surface area contributed by atoms with Crippen LogP contribution in [0.2, 0.25) is 0 Å². The van der Waals surface area contributed by atoms with E-state index in [-0.39, 0.29) is 10.5 Å². The predicted octanol–water partition coefficient (Wildman–Crippen LogP) is 6.72. The summed E-state index contributed by atoms with van der Waals surface area (Å²) < 4.78 is 144. The Balaban J connectivity index is 2.96. The van der Waals surface area contributed by atoms with Crippen LogP contribution in [0.1, 0.15) is 0 Å². The zero-order valence-electron chi connectivity index (χ0n) is 13.3. The quantitative estimate of drug-likeness (QED) is 0.377. The molecule has 0 saturated carbocycles. The van der Waals surface area contributed by atoms with Crippen LogP contribution in [0.15, 0.2) is 44.2 Å². The van der Waals surface area contributed by atoms with Crippen LogP contribution < -0.4 is 0 Å². The number of hydrogen-bond donors (Lipinski definition) is 0. The topological polar surface area (TPSA) is 34.1 Å². The number of benzene rings is 2. The smallest absolute Gasteiger partial charge is 0.217 e. The van der Waals surface area contributed by atoms with Crippen molar-refractivity contribution in [2.24, 2.45) is 0 Å². The first-order valence-electron chi connectivity index (χ1n) is 6.97. The van der Waals surface area contributed by atoms with Gasteiger partial charge in [0, 0.05) is 14.5 Å². The van der Waals surface area contributed by atoms with Gasteiger partial charge >= 0.3 is 17.4 Å². The van der Waals surface area contributed by atoms with Crippen LogP contribution in [0.4, 0.5) is 39.5 Å². The lowest BCUT2D eigenvalue weighted by Gasteiger charge is -2.28. The molecule has 2 aromatic rings. The summed E-state index contributed by atoms with van der Waals surface area (Å²) in [6.07, 6.45) is -6.93. The minimum atomic E-state index is -7.00. The van der Waals surface area contributed by atoms with Gasteiger partial charge in [-0.2, -0.15) is 30.7 Å². The van der Waals surface area contributed by atoms with Crippen LogP contribution in [-0.4, -0.2) is 25.8 Å². The van der Waals surface area contributed by atoms with Crippen molar-refractivity contribution in [3.8, 4) is 11.1 Å². The first-order chi connectivity index (χ1) is 13.0.